The van der Waals surface area contributed by atoms with E-state index in [1.54, 1.807) is 4.90 Å². The molecular formula is C14H21F3N2O2. The number of hydrogen-bond donors (Lipinski definition) is 1. The molecule has 1 saturated heterocycles. The molecule has 0 aromatic heterocycles. The first kappa shape index (κ1) is 15.1. The van der Waals surface area contributed by atoms with Crippen molar-refractivity contribution in [2.75, 3.05) is 19.8 Å². The molecule has 0 aromatic carbocycles. The minimum absolute atomic E-state index is 0.0167. The smallest absolute Gasteiger partial charge is 0.370 e. The Morgan fingerprint density at radius 2 is 1.95 bits per heavy atom. The molecule has 7 heteroatoms. The molecule has 3 fully saturated rings. The van der Waals surface area contributed by atoms with Crippen LogP contribution in [-0.2, 0) is 9.53 Å². The van der Waals surface area contributed by atoms with E-state index in [0.29, 0.717) is 5.92 Å². The monoisotopic (exact) mass is 306 g/mol. The lowest BCUT2D eigenvalue weighted by molar-refractivity contribution is -0.175. The van der Waals surface area contributed by atoms with E-state index in [1.165, 1.54) is 12.8 Å². The number of hydrogen-bond acceptors (Lipinski definition) is 3. The summed E-state index contributed by atoms with van der Waals surface area (Å²) in [6.07, 6.45) is 1.86. The standard InChI is InChI=1S/C14H21F3N2O2/c15-14(16,17)9-21-8-7-19-11(10-3-1-2-4-10)18-13(5-6-13)12(19)20/h10-11,18H,1-9H2. The van der Waals surface area contributed by atoms with Crippen LogP contribution in [0.4, 0.5) is 13.2 Å². The summed E-state index contributed by atoms with van der Waals surface area (Å²) in [6, 6.07) is 0. The van der Waals surface area contributed by atoms with Crippen LogP contribution in [0.3, 0.4) is 0 Å². The molecule has 2 saturated carbocycles. The van der Waals surface area contributed by atoms with Gasteiger partial charge in [0.25, 0.3) is 0 Å². The van der Waals surface area contributed by atoms with E-state index in [2.05, 4.69) is 10.1 Å². The zero-order valence-electron chi connectivity index (χ0n) is 11.9. The van der Waals surface area contributed by atoms with E-state index in [1.807, 2.05) is 0 Å². The Morgan fingerprint density at radius 1 is 1.29 bits per heavy atom. The lowest BCUT2D eigenvalue weighted by atomic mass is 10.0. The van der Waals surface area contributed by atoms with Gasteiger partial charge in [-0.2, -0.15) is 13.2 Å². The van der Waals surface area contributed by atoms with Gasteiger partial charge in [-0.1, -0.05) is 12.8 Å². The molecule has 120 valence electrons. The van der Waals surface area contributed by atoms with Crippen molar-refractivity contribution in [2.45, 2.75) is 56.4 Å². The van der Waals surface area contributed by atoms with Crippen molar-refractivity contribution in [1.29, 1.82) is 0 Å². The molecule has 1 spiro atoms. The van der Waals surface area contributed by atoms with Gasteiger partial charge >= 0.3 is 6.18 Å². The molecule has 0 bridgehead atoms. The van der Waals surface area contributed by atoms with Gasteiger partial charge in [0.1, 0.15) is 6.61 Å². The van der Waals surface area contributed by atoms with Crippen LogP contribution in [0, 0.1) is 5.92 Å². The SMILES string of the molecule is O=C1N(CCOCC(F)(F)F)C(C2CCCC2)NC12CC2. The van der Waals surface area contributed by atoms with E-state index in [-0.39, 0.29) is 25.2 Å². The zero-order chi connectivity index (χ0) is 15.1. The fraction of sp³-hybridized carbons (Fsp3) is 0.929. The average Bonchev–Trinajstić information content (AvgIpc) is 2.89. The summed E-state index contributed by atoms with van der Waals surface area (Å²) in [5.74, 6) is 0.478. The molecule has 2 aliphatic carbocycles. The number of ether oxygens (including phenoxy) is 1. The highest BCUT2D eigenvalue weighted by Crippen LogP contribution is 2.45. The van der Waals surface area contributed by atoms with Crippen LogP contribution in [0.5, 0.6) is 0 Å². The van der Waals surface area contributed by atoms with Crippen molar-refractivity contribution in [2.24, 2.45) is 5.92 Å². The van der Waals surface area contributed by atoms with Gasteiger partial charge in [0.15, 0.2) is 0 Å². The van der Waals surface area contributed by atoms with E-state index in [0.717, 1.165) is 25.7 Å². The maximum Gasteiger partial charge on any atom is 0.411 e. The van der Waals surface area contributed by atoms with Crippen molar-refractivity contribution in [1.82, 2.24) is 10.2 Å². The molecule has 0 aromatic rings. The Bertz CT molecular complexity index is 404. The molecule has 1 N–H and O–H groups in total. The van der Waals surface area contributed by atoms with Crippen molar-refractivity contribution in [3.63, 3.8) is 0 Å². The summed E-state index contributed by atoms with van der Waals surface area (Å²) in [7, 11) is 0. The van der Waals surface area contributed by atoms with E-state index >= 15 is 0 Å². The molecule has 3 aliphatic rings. The van der Waals surface area contributed by atoms with Gasteiger partial charge in [-0.3, -0.25) is 10.1 Å². The summed E-state index contributed by atoms with van der Waals surface area (Å²) in [5, 5.41) is 3.44. The van der Waals surface area contributed by atoms with Crippen LogP contribution >= 0.6 is 0 Å². The highest BCUT2D eigenvalue weighted by atomic mass is 19.4. The number of rotatable bonds is 5. The van der Waals surface area contributed by atoms with Crippen molar-refractivity contribution in [3.8, 4) is 0 Å². The first-order valence-corrected chi connectivity index (χ1v) is 7.65. The number of nitrogens with zero attached hydrogens (tertiary/aromatic N) is 1. The van der Waals surface area contributed by atoms with Crippen LogP contribution < -0.4 is 5.32 Å². The zero-order valence-corrected chi connectivity index (χ0v) is 11.9. The van der Waals surface area contributed by atoms with Crippen LogP contribution in [0.2, 0.25) is 0 Å². The van der Waals surface area contributed by atoms with Gasteiger partial charge in [0, 0.05) is 6.54 Å². The molecule has 1 atom stereocenters. The lowest BCUT2D eigenvalue weighted by Gasteiger charge is -2.29. The second-order valence-corrected chi connectivity index (χ2v) is 6.38. The first-order valence-electron chi connectivity index (χ1n) is 7.65. The van der Waals surface area contributed by atoms with Gasteiger partial charge < -0.3 is 9.64 Å². The van der Waals surface area contributed by atoms with E-state index < -0.39 is 18.3 Å². The topological polar surface area (TPSA) is 41.6 Å². The third-order valence-corrected chi connectivity index (χ3v) is 4.77. The Balaban J connectivity index is 1.56. The maximum atomic E-state index is 12.4. The summed E-state index contributed by atoms with van der Waals surface area (Å²) < 4.78 is 40.9. The van der Waals surface area contributed by atoms with Gasteiger partial charge in [0.2, 0.25) is 5.91 Å². The van der Waals surface area contributed by atoms with Gasteiger partial charge in [-0.05, 0) is 31.6 Å². The summed E-state index contributed by atoms with van der Waals surface area (Å²) >= 11 is 0. The number of alkyl halides is 3. The molecule has 1 aliphatic heterocycles. The number of carbonyl (C=O) groups is 1. The van der Waals surface area contributed by atoms with E-state index in [9.17, 15) is 18.0 Å². The quantitative estimate of drug-likeness (QED) is 0.790. The highest BCUT2D eigenvalue weighted by Gasteiger charge is 2.60. The number of amides is 1. The van der Waals surface area contributed by atoms with Crippen LogP contribution in [0.15, 0.2) is 0 Å². The lowest BCUT2D eigenvalue weighted by Crippen LogP contribution is -2.44. The number of halogens is 3. The largest absolute Gasteiger partial charge is 0.411 e. The van der Waals surface area contributed by atoms with Crippen LogP contribution in [-0.4, -0.2) is 48.4 Å². The molecule has 3 rings (SSSR count). The number of carbonyl (C=O) groups excluding carboxylic acids is 1. The van der Waals surface area contributed by atoms with Crippen molar-refractivity contribution >= 4 is 5.91 Å². The third-order valence-electron chi connectivity index (χ3n) is 4.77. The van der Waals surface area contributed by atoms with Gasteiger partial charge in [-0.15, -0.1) is 0 Å². The van der Waals surface area contributed by atoms with Crippen LogP contribution in [0.25, 0.3) is 0 Å². The summed E-state index contributed by atoms with van der Waals surface area (Å²) in [5.41, 5.74) is -0.405. The van der Waals surface area contributed by atoms with Crippen molar-refractivity contribution < 1.29 is 22.7 Å². The highest BCUT2D eigenvalue weighted by molar-refractivity contribution is 5.91. The van der Waals surface area contributed by atoms with Gasteiger partial charge in [0.05, 0.1) is 18.3 Å². The minimum atomic E-state index is -4.31. The third kappa shape index (κ3) is 3.18. The second-order valence-electron chi connectivity index (χ2n) is 6.38. The minimum Gasteiger partial charge on any atom is -0.370 e. The Kier molecular flexibility index (Phi) is 3.90. The van der Waals surface area contributed by atoms with Gasteiger partial charge in [-0.25, -0.2) is 0 Å². The van der Waals surface area contributed by atoms with Crippen LogP contribution in [0.1, 0.15) is 38.5 Å². The average molecular weight is 306 g/mol. The molecule has 21 heavy (non-hydrogen) atoms. The predicted octanol–water partition coefficient (Wildman–Crippen LogP) is 2.05. The molecule has 4 nitrogen and oxygen atoms in total. The molecule has 1 heterocycles. The maximum absolute atomic E-state index is 12.4. The predicted molar refractivity (Wildman–Crippen MR) is 69.4 cm³/mol. The second kappa shape index (κ2) is 5.43. The normalized spacial score (nSPS) is 28.8. The Hall–Kier alpha value is -0.820. The Labute approximate surface area is 122 Å². The number of nitrogens with one attached hydrogen (secondary N) is 1. The van der Waals surface area contributed by atoms with E-state index in [4.69, 9.17) is 0 Å². The molecule has 1 amide bonds. The summed E-state index contributed by atoms with van der Waals surface area (Å²) in [4.78, 5) is 14.2. The first-order chi connectivity index (χ1) is 9.91. The Morgan fingerprint density at radius 3 is 2.52 bits per heavy atom. The molecular weight excluding hydrogens is 285 g/mol. The summed E-state index contributed by atoms with van der Waals surface area (Å²) in [6.45, 7) is -1.07. The van der Waals surface area contributed by atoms with Crippen molar-refractivity contribution in [3.05, 3.63) is 0 Å². The molecule has 0 radical (unpaired) electrons. The fourth-order valence-electron chi connectivity index (χ4n) is 3.54. The fourth-order valence-corrected chi connectivity index (χ4v) is 3.54. The molecule has 1 unspecified atom stereocenters.